The first-order valence-corrected chi connectivity index (χ1v) is 7.26. The third-order valence-corrected chi connectivity index (χ3v) is 4.80. The molecule has 0 unspecified atom stereocenters. The molecule has 2 aromatic rings. The predicted octanol–water partition coefficient (Wildman–Crippen LogP) is 4.12. The van der Waals surface area contributed by atoms with Gasteiger partial charge >= 0.3 is 0 Å². The number of aryl methyl sites for hydroxylation is 2. The zero-order valence-corrected chi connectivity index (χ0v) is 12.9. The minimum absolute atomic E-state index is 0.0127. The van der Waals surface area contributed by atoms with Crippen molar-refractivity contribution in [2.45, 2.75) is 46.0 Å². The Morgan fingerprint density at radius 2 is 1.52 bits per heavy atom. The monoisotopic (exact) mass is 284 g/mol. The van der Waals surface area contributed by atoms with Crippen molar-refractivity contribution < 1.29 is 15.0 Å². The molecule has 1 aliphatic rings. The van der Waals surface area contributed by atoms with E-state index in [0.717, 1.165) is 11.1 Å². The summed E-state index contributed by atoms with van der Waals surface area (Å²) in [5, 5.41) is 22.5. The number of rotatable bonds is 0. The van der Waals surface area contributed by atoms with Gasteiger partial charge in [0.05, 0.1) is 5.56 Å². The topological polar surface area (TPSA) is 57.5 Å². The van der Waals surface area contributed by atoms with Crippen molar-refractivity contribution in [1.29, 1.82) is 0 Å². The summed E-state index contributed by atoms with van der Waals surface area (Å²) in [6.45, 7) is 7.94. The fourth-order valence-corrected chi connectivity index (χ4v) is 3.32. The molecule has 3 rings (SSSR count). The minimum Gasteiger partial charge on any atom is -0.507 e. The fourth-order valence-electron chi connectivity index (χ4n) is 3.32. The molecule has 0 saturated carbocycles. The molecule has 0 amide bonds. The van der Waals surface area contributed by atoms with E-state index in [1.165, 1.54) is 0 Å². The Morgan fingerprint density at radius 3 is 2.10 bits per heavy atom. The number of phenols is 2. The normalized spacial score (nSPS) is 17.0. The summed E-state index contributed by atoms with van der Waals surface area (Å²) in [6.07, 6.45) is 1.09. The van der Waals surface area contributed by atoms with Gasteiger partial charge < -0.3 is 10.2 Å². The Kier molecular flexibility index (Phi) is 2.81. The van der Waals surface area contributed by atoms with E-state index in [-0.39, 0.29) is 22.7 Å². The molecule has 3 heteroatoms. The Hall–Kier alpha value is -2.03. The van der Waals surface area contributed by atoms with Crippen LogP contribution in [0.2, 0.25) is 0 Å². The second kappa shape index (κ2) is 4.23. The Bertz CT molecular complexity index is 785. The highest BCUT2D eigenvalue weighted by Crippen LogP contribution is 2.49. The largest absolute Gasteiger partial charge is 0.507 e. The summed E-state index contributed by atoms with van der Waals surface area (Å²) in [7, 11) is 0. The standard InChI is InChI=1S/C18H20O3/c1-9-7-11-12(8-10(9)2)17(21)15-14(16(11)20)13(19)5-6-18(15,3)4/h7-8,20-21H,5-6H2,1-4H3. The minimum atomic E-state index is -0.322. The van der Waals surface area contributed by atoms with Crippen LogP contribution < -0.4 is 0 Å². The van der Waals surface area contributed by atoms with Crippen LogP contribution in [0, 0.1) is 13.8 Å². The molecule has 3 nitrogen and oxygen atoms in total. The molecular weight excluding hydrogens is 264 g/mol. The first-order chi connectivity index (χ1) is 9.74. The van der Waals surface area contributed by atoms with Gasteiger partial charge in [0.25, 0.3) is 0 Å². The van der Waals surface area contributed by atoms with Crippen molar-refractivity contribution in [3.63, 3.8) is 0 Å². The van der Waals surface area contributed by atoms with Gasteiger partial charge in [-0.1, -0.05) is 13.8 Å². The summed E-state index contributed by atoms with van der Waals surface area (Å²) < 4.78 is 0. The number of fused-ring (bicyclic) bond motifs is 2. The zero-order chi connectivity index (χ0) is 15.5. The average molecular weight is 284 g/mol. The molecule has 0 aromatic heterocycles. The van der Waals surface area contributed by atoms with Crippen LogP contribution in [-0.4, -0.2) is 16.0 Å². The van der Waals surface area contributed by atoms with E-state index in [4.69, 9.17) is 0 Å². The van der Waals surface area contributed by atoms with Crippen LogP contribution in [0.15, 0.2) is 12.1 Å². The van der Waals surface area contributed by atoms with Crippen LogP contribution in [0.3, 0.4) is 0 Å². The lowest BCUT2D eigenvalue weighted by Gasteiger charge is -2.33. The van der Waals surface area contributed by atoms with Crippen LogP contribution in [0.25, 0.3) is 10.8 Å². The summed E-state index contributed by atoms with van der Waals surface area (Å²) in [5.74, 6) is 0.0647. The number of Topliss-reactive ketones (excluding diaryl/α,β-unsaturated/α-hetero) is 1. The zero-order valence-electron chi connectivity index (χ0n) is 12.9. The van der Waals surface area contributed by atoms with Gasteiger partial charge in [0.2, 0.25) is 0 Å². The van der Waals surface area contributed by atoms with Crippen LogP contribution >= 0.6 is 0 Å². The Morgan fingerprint density at radius 1 is 1.00 bits per heavy atom. The van der Waals surface area contributed by atoms with Gasteiger partial charge in [0.1, 0.15) is 11.5 Å². The van der Waals surface area contributed by atoms with Gasteiger partial charge in [-0.05, 0) is 48.9 Å². The molecule has 2 N–H and O–H groups in total. The molecule has 0 aliphatic heterocycles. The van der Waals surface area contributed by atoms with Crippen molar-refractivity contribution in [2.24, 2.45) is 0 Å². The van der Waals surface area contributed by atoms with E-state index < -0.39 is 0 Å². The molecule has 0 bridgehead atoms. The van der Waals surface area contributed by atoms with E-state index in [2.05, 4.69) is 0 Å². The van der Waals surface area contributed by atoms with E-state index >= 15 is 0 Å². The maximum absolute atomic E-state index is 12.3. The summed E-state index contributed by atoms with van der Waals surface area (Å²) >= 11 is 0. The smallest absolute Gasteiger partial charge is 0.167 e. The van der Waals surface area contributed by atoms with Gasteiger partial charge in [-0.15, -0.1) is 0 Å². The van der Waals surface area contributed by atoms with E-state index in [1.807, 2.05) is 39.8 Å². The lowest BCUT2D eigenvalue weighted by molar-refractivity contribution is 0.0952. The second-order valence-electron chi connectivity index (χ2n) is 6.74. The van der Waals surface area contributed by atoms with Gasteiger partial charge in [0.15, 0.2) is 5.78 Å². The number of hydrogen-bond donors (Lipinski definition) is 2. The summed E-state index contributed by atoms with van der Waals surface area (Å²) in [4.78, 5) is 12.3. The number of carbonyl (C=O) groups excluding carboxylic acids is 1. The molecule has 0 saturated heterocycles. The molecule has 110 valence electrons. The predicted molar refractivity (Wildman–Crippen MR) is 83.3 cm³/mol. The van der Waals surface area contributed by atoms with Crippen molar-refractivity contribution in [3.05, 3.63) is 34.4 Å². The highest BCUT2D eigenvalue weighted by molar-refractivity contribution is 6.10. The number of aromatic hydroxyl groups is 2. The van der Waals surface area contributed by atoms with Crippen molar-refractivity contribution in [1.82, 2.24) is 0 Å². The lowest BCUT2D eigenvalue weighted by atomic mass is 9.70. The van der Waals surface area contributed by atoms with Crippen LogP contribution in [0.5, 0.6) is 11.5 Å². The van der Waals surface area contributed by atoms with Crippen molar-refractivity contribution in [3.8, 4) is 11.5 Å². The molecule has 0 radical (unpaired) electrons. The van der Waals surface area contributed by atoms with Crippen LogP contribution in [0.1, 0.15) is 53.7 Å². The average Bonchev–Trinajstić information content (AvgIpc) is 2.41. The van der Waals surface area contributed by atoms with Crippen LogP contribution in [0.4, 0.5) is 0 Å². The van der Waals surface area contributed by atoms with Gasteiger partial charge in [0, 0.05) is 22.8 Å². The van der Waals surface area contributed by atoms with Gasteiger partial charge in [-0.3, -0.25) is 4.79 Å². The number of carbonyl (C=O) groups is 1. The molecular formula is C18H20O3. The third-order valence-electron chi connectivity index (χ3n) is 4.80. The SMILES string of the molecule is Cc1cc2c(O)c3c(c(O)c2cc1C)C(C)(C)CCC3=O. The first-order valence-electron chi connectivity index (χ1n) is 7.26. The molecule has 0 atom stereocenters. The van der Waals surface area contributed by atoms with E-state index in [1.54, 1.807) is 0 Å². The maximum atomic E-state index is 12.3. The van der Waals surface area contributed by atoms with Gasteiger partial charge in [-0.2, -0.15) is 0 Å². The molecule has 21 heavy (non-hydrogen) atoms. The molecule has 1 aliphatic carbocycles. The molecule has 0 spiro atoms. The molecule has 0 heterocycles. The van der Waals surface area contributed by atoms with Crippen molar-refractivity contribution in [2.75, 3.05) is 0 Å². The number of hydrogen-bond acceptors (Lipinski definition) is 3. The van der Waals surface area contributed by atoms with E-state index in [0.29, 0.717) is 34.7 Å². The maximum Gasteiger partial charge on any atom is 0.167 e. The Balaban J connectivity index is 2.53. The fraction of sp³-hybridized carbons (Fsp3) is 0.389. The van der Waals surface area contributed by atoms with Crippen molar-refractivity contribution >= 4 is 16.6 Å². The number of ketones is 1. The first kappa shape index (κ1) is 13.9. The summed E-state index contributed by atoms with van der Waals surface area (Å²) in [5.41, 5.74) is 2.65. The highest BCUT2D eigenvalue weighted by Gasteiger charge is 2.37. The van der Waals surface area contributed by atoms with E-state index in [9.17, 15) is 15.0 Å². The quantitative estimate of drug-likeness (QED) is 0.715. The molecule has 0 fully saturated rings. The highest BCUT2D eigenvalue weighted by atomic mass is 16.3. The second-order valence-corrected chi connectivity index (χ2v) is 6.74. The molecule has 2 aromatic carbocycles. The third kappa shape index (κ3) is 1.84. The van der Waals surface area contributed by atoms with Crippen LogP contribution in [-0.2, 0) is 5.41 Å². The lowest BCUT2D eigenvalue weighted by Crippen LogP contribution is -2.27. The number of phenolic OH excluding ortho intramolecular Hbond substituents is 2. The number of benzene rings is 2. The summed E-state index contributed by atoms with van der Waals surface area (Å²) in [6, 6.07) is 3.73. The Labute approximate surface area is 124 Å². The van der Waals surface area contributed by atoms with Gasteiger partial charge in [-0.25, -0.2) is 0 Å².